The fourth-order valence-electron chi connectivity index (χ4n) is 1.31. The summed E-state index contributed by atoms with van der Waals surface area (Å²) >= 11 is 0. The number of rotatable bonds is 7. The van der Waals surface area contributed by atoms with Gasteiger partial charge in [-0.25, -0.2) is 0 Å². The van der Waals surface area contributed by atoms with Gasteiger partial charge in [0.1, 0.15) is 5.78 Å². The second-order valence-electron chi connectivity index (χ2n) is 4.17. The zero-order valence-corrected chi connectivity index (χ0v) is 11.5. The van der Waals surface area contributed by atoms with E-state index in [2.05, 4.69) is 0 Å². The Balaban J connectivity index is 0. The number of Topliss-reactive ketones (excluding diaryl/α,β-unsaturated/α-hetero) is 1. The van der Waals surface area contributed by atoms with Crippen molar-refractivity contribution in [1.29, 1.82) is 0 Å². The molecule has 0 rings (SSSR count). The highest BCUT2D eigenvalue weighted by atomic mass is 35.5. The Bertz CT molecular complexity index is 306. The molecule has 6 nitrogen and oxygen atoms in total. The Morgan fingerprint density at radius 1 is 1.22 bits per heavy atom. The number of hydrogen-bond acceptors (Lipinski definition) is 5. The standard InChI is InChI=1S/C11H19NO5.ClH/c1-6(2)17-11(16)7(3)9(10(14)15)4-8(13)5-12;/h6-7,9H,4-5,12H2,1-3H3,(H,14,15);1H. The van der Waals surface area contributed by atoms with E-state index in [1.165, 1.54) is 6.92 Å². The third-order valence-electron chi connectivity index (χ3n) is 2.32. The number of esters is 1. The van der Waals surface area contributed by atoms with Crippen molar-refractivity contribution in [2.75, 3.05) is 6.54 Å². The van der Waals surface area contributed by atoms with E-state index in [4.69, 9.17) is 15.6 Å². The molecule has 0 heterocycles. The van der Waals surface area contributed by atoms with Gasteiger partial charge in [0.25, 0.3) is 0 Å². The van der Waals surface area contributed by atoms with Gasteiger partial charge in [-0.2, -0.15) is 0 Å². The summed E-state index contributed by atoms with van der Waals surface area (Å²) in [5, 5.41) is 8.97. The summed E-state index contributed by atoms with van der Waals surface area (Å²) in [5.41, 5.74) is 5.12. The number of ketones is 1. The quantitative estimate of drug-likeness (QED) is 0.662. The summed E-state index contributed by atoms with van der Waals surface area (Å²) in [6.07, 6.45) is -0.565. The number of nitrogens with two attached hydrogens (primary N) is 1. The molecular weight excluding hydrogens is 262 g/mol. The van der Waals surface area contributed by atoms with Gasteiger partial charge < -0.3 is 15.6 Å². The maximum Gasteiger partial charge on any atom is 0.309 e. The molecule has 0 fully saturated rings. The van der Waals surface area contributed by atoms with Crippen LogP contribution in [0.5, 0.6) is 0 Å². The fraction of sp³-hybridized carbons (Fsp3) is 0.727. The van der Waals surface area contributed by atoms with E-state index in [0.29, 0.717) is 0 Å². The lowest BCUT2D eigenvalue weighted by atomic mass is 9.89. The summed E-state index contributed by atoms with van der Waals surface area (Å²) in [7, 11) is 0. The molecule has 0 spiro atoms. The SMILES string of the molecule is CC(C)OC(=O)C(C)C(CC(=O)CN)C(=O)O.Cl. The van der Waals surface area contributed by atoms with Crippen molar-refractivity contribution in [2.45, 2.75) is 33.3 Å². The fourth-order valence-corrected chi connectivity index (χ4v) is 1.31. The summed E-state index contributed by atoms with van der Waals surface area (Å²) < 4.78 is 4.91. The minimum atomic E-state index is -1.19. The topological polar surface area (TPSA) is 107 Å². The van der Waals surface area contributed by atoms with Crippen LogP contribution in [0.25, 0.3) is 0 Å². The van der Waals surface area contributed by atoms with Gasteiger partial charge in [0, 0.05) is 6.42 Å². The largest absolute Gasteiger partial charge is 0.481 e. The van der Waals surface area contributed by atoms with E-state index in [0.717, 1.165) is 0 Å². The van der Waals surface area contributed by atoms with Crippen LogP contribution in [0.4, 0.5) is 0 Å². The van der Waals surface area contributed by atoms with Gasteiger partial charge in [-0.3, -0.25) is 14.4 Å². The van der Waals surface area contributed by atoms with Gasteiger partial charge in [-0.1, -0.05) is 6.92 Å². The zero-order chi connectivity index (χ0) is 13.6. The molecule has 0 saturated heterocycles. The Hall–Kier alpha value is -1.14. The van der Waals surface area contributed by atoms with Gasteiger partial charge >= 0.3 is 11.9 Å². The molecule has 3 N–H and O–H groups in total. The van der Waals surface area contributed by atoms with Crippen LogP contribution in [0.3, 0.4) is 0 Å². The van der Waals surface area contributed by atoms with Gasteiger partial charge in [-0.05, 0) is 13.8 Å². The summed E-state index contributed by atoms with van der Waals surface area (Å²) in [4.78, 5) is 33.7. The molecule has 106 valence electrons. The average molecular weight is 282 g/mol. The van der Waals surface area contributed by atoms with Crippen LogP contribution in [-0.4, -0.2) is 35.5 Å². The van der Waals surface area contributed by atoms with Crippen molar-refractivity contribution in [3.63, 3.8) is 0 Å². The van der Waals surface area contributed by atoms with E-state index in [-0.39, 0.29) is 37.3 Å². The normalized spacial score (nSPS) is 13.4. The maximum absolute atomic E-state index is 11.5. The lowest BCUT2D eigenvalue weighted by molar-refractivity contribution is -0.160. The first-order chi connectivity index (χ1) is 7.79. The predicted octanol–water partition coefficient (Wildman–Crippen LogP) is 0.615. The lowest BCUT2D eigenvalue weighted by Crippen LogP contribution is -2.33. The molecule has 0 amide bonds. The molecule has 0 saturated carbocycles. The van der Waals surface area contributed by atoms with Gasteiger partial charge in [-0.15, -0.1) is 12.4 Å². The highest BCUT2D eigenvalue weighted by Gasteiger charge is 2.33. The molecule has 18 heavy (non-hydrogen) atoms. The Morgan fingerprint density at radius 3 is 2.06 bits per heavy atom. The van der Waals surface area contributed by atoms with Crippen molar-refractivity contribution in [3.05, 3.63) is 0 Å². The van der Waals surface area contributed by atoms with Gasteiger partial charge in [0.15, 0.2) is 0 Å². The first-order valence-electron chi connectivity index (χ1n) is 5.44. The molecule has 0 radical (unpaired) electrons. The second-order valence-corrected chi connectivity index (χ2v) is 4.17. The third kappa shape index (κ3) is 6.56. The number of ether oxygens (including phenoxy) is 1. The lowest BCUT2D eigenvalue weighted by Gasteiger charge is -2.19. The number of carboxylic acid groups (broad SMARTS) is 1. The molecule has 7 heteroatoms. The monoisotopic (exact) mass is 281 g/mol. The van der Waals surface area contributed by atoms with Crippen molar-refractivity contribution in [3.8, 4) is 0 Å². The average Bonchev–Trinajstić information content (AvgIpc) is 2.23. The highest BCUT2D eigenvalue weighted by Crippen LogP contribution is 2.18. The summed E-state index contributed by atoms with van der Waals surface area (Å²) in [6, 6.07) is 0. The van der Waals surface area contributed by atoms with Crippen LogP contribution in [0, 0.1) is 11.8 Å². The van der Waals surface area contributed by atoms with E-state index < -0.39 is 23.8 Å². The Morgan fingerprint density at radius 2 is 1.72 bits per heavy atom. The van der Waals surface area contributed by atoms with Crippen LogP contribution in [0.15, 0.2) is 0 Å². The number of carboxylic acids is 1. The highest BCUT2D eigenvalue weighted by molar-refractivity contribution is 5.88. The maximum atomic E-state index is 11.5. The number of carbonyl (C=O) groups is 3. The number of aliphatic carboxylic acids is 1. The van der Waals surface area contributed by atoms with Crippen LogP contribution >= 0.6 is 12.4 Å². The van der Waals surface area contributed by atoms with Crippen LogP contribution in [-0.2, 0) is 19.1 Å². The molecular formula is C11H20ClNO5. The number of halogens is 1. The smallest absolute Gasteiger partial charge is 0.309 e. The summed E-state index contributed by atoms with van der Waals surface area (Å²) in [6.45, 7) is 4.56. The molecule has 0 aliphatic heterocycles. The van der Waals surface area contributed by atoms with Crippen molar-refractivity contribution in [2.24, 2.45) is 17.6 Å². The van der Waals surface area contributed by atoms with Gasteiger partial charge in [0.05, 0.1) is 24.5 Å². The Labute approximate surface area is 112 Å². The summed E-state index contributed by atoms with van der Waals surface area (Å²) in [5.74, 6) is -4.15. The Kier molecular flexibility index (Phi) is 9.47. The molecule has 2 atom stereocenters. The van der Waals surface area contributed by atoms with Crippen molar-refractivity contribution in [1.82, 2.24) is 0 Å². The van der Waals surface area contributed by atoms with Gasteiger partial charge in [0.2, 0.25) is 0 Å². The molecule has 0 aromatic carbocycles. The molecule has 2 unspecified atom stereocenters. The minimum absolute atomic E-state index is 0. The third-order valence-corrected chi connectivity index (χ3v) is 2.32. The molecule has 0 aromatic heterocycles. The van der Waals surface area contributed by atoms with E-state index in [9.17, 15) is 14.4 Å². The van der Waals surface area contributed by atoms with Crippen LogP contribution in [0.1, 0.15) is 27.2 Å². The molecule has 0 bridgehead atoms. The number of carbonyl (C=O) groups excluding carboxylic acids is 2. The van der Waals surface area contributed by atoms with E-state index in [1.807, 2.05) is 0 Å². The minimum Gasteiger partial charge on any atom is -0.481 e. The van der Waals surface area contributed by atoms with E-state index in [1.54, 1.807) is 13.8 Å². The van der Waals surface area contributed by atoms with Crippen LogP contribution in [0.2, 0.25) is 0 Å². The molecule has 0 aliphatic rings. The van der Waals surface area contributed by atoms with Crippen molar-refractivity contribution < 1.29 is 24.2 Å². The first kappa shape index (κ1) is 19.2. The zero-order valence-electron chi connectivity index (χ0n) is 10.7. The van der Waals surface area contributed by atoms with E-state index >= 15 is 0 Å². The van der Waals surface area contributed by atoms with Crippen molar-refractivity contribution >= 4 is 30.1 Å². The number of hydrogen-bond donors (Lipinski definition) is 2. The molecule has 0 aliphatic carbocycles. The molecule has 0 aromatic rings. The van der Waals surface area contributed by atoms with Crippen LogP contribution < -0.4 is 5.73 Å². The first-order valence-corrected chi connectivity index (χ1v) is 5.44. The second kappa shape index (κ2) is 8.88. The predicted molar refractivity (Wildman–Crippen MR) is 67.4 cm³/mol.